The van der Waals surface area contributed by atoms with Crippen LogP contribution in [0.5, 0.6) is 0 Å². The number of allylic oxidation sites excluding steroid dienone is 1. The Morgan fingerprint density at radius 3 is 2.58 bits per heavy atom. The van der Waals surface area contributed by atoms with E-state index in [1.165, 1.54) is 0 Å². The third-order valence-corrected chi connectivity index (χ3v) is 6.13. The number of methoxy groups -OCH3 is 1. The number of hydrogen-bond acceptors (Lipinski definition) is 5. The third-order valence-electron chi connectivity index (χ3n) is 6.13. The van der Waals surface area contributed by atoms with Crippen molar-refractivity contribution in [3.05, 3.63) is 24.3 Å². The van der Waals surface area contributed by atoms with Crippen LogP contribution in [0.4, 0.5) is 0 Å². The lowest BCUT2D eigenvalue weighted by molar-refractivity contribution is -0.302. The maximum absolute atomic E-state index is 12.7. The third kappa shape index (κ3) is 1.99. The highest BCUT2D eigenvalue weighted by Gasteiger charge is 2.69. The minimum Gasteiger partial charge on any atom is -0.351 e. The van der Waals surface area contributed by atoms with Crippen molar-refractivity contribution < 1.29 is 23.7 Å². The van der Waals surface area contributed by atoms with Crippen LogP contribution in [-0.4, -0.2) is 44.8 Å². The average molecular weight is 334 g/mol. The minimum atomic E-state index is -1.22. The lowest BCUT2D eigenvalue weighted by atomic mass is 9.54. The average Bonchev–Trinajstić information content (AvgIpc) is 2.95. The van der Waals surface area contributed by atoms with Crippen LogP contribution in [0, 0.1) is 28.6 Å². The highest BCUT2D eigenvalue weighted by atomic mass is 16.7. The molecule has 0 unspecified atom stereocenters. The molecule has 5 atom stereocenters. The monoisotopic (exact) mass is 334 g/mol. The molecule has 0 spiro atoms. The standard InChI is InChI=1S/C19H26O5/c1-12-5-6-13-9-24-19(21-4)14(20)7-8-18(12,15(13)19)16-22-10-17(2,3)11-23-16/h5-8,12-13,15-16H,9-11H2,1-4H3/t12-,13-,15+,18+,19-/m0/s1. The first kappa shape index (κ1) is 16.5. The van der Waals surface area contributed by atoms with Gasteiger partial charge in [0.2, 0.25) is 11.6 Å². The molecule has 0 aromatic carbocycles. The number of rotatable bonds is 2. The van der Waals surface area contributed by atoms with E-state index in [2.05, 4.69) is 32.9 Å². The summed E-state index contributed by atoms with van der Waals surface area (Å²) in [7, 11) is 1.55. The number of carbonyl (C=O) groups excluding carboxylic acids is 1. The van der Waals surface area contributed by atoms with Gasteiger partial charge in [-0.25, -0.2) is 0 Å². The number of ketones is 1. The summed E-state index contributed by atoms with van der Waals surface area (Å²) in [6.07, 6.45) is 7.55. The van der Waals surface area contributed by atoms with Gasteiger partial charge in [-0.1, -0.05) is 39.0 Å². The molecule has 0 N–H and O–H groups in total. The highest BCUT2D eigenvalue weighted by molar-refractivity contribution is 5.98. The van der Waals surface area contributed by atoms with Crippen molar-refractivity contribution in [3.63, 3.8) is 0 Å². The first-order valence-corrected chi connectivity index (χ1v) is 8.70. The molecular formula is C19H26O5. The summed E-state index contributed by atoms with van der Waals surface area (Å²) in [6.45, 7) is 8.16. The molecule has 2 aliphatic carbocycles. The molecule has 2 saturated heterocycles. The molecule has 24 heavy (non-hydrogen) atoms. The first-order chi connectivity index (χ1) is 11.4. The summed E-state index contributed by atoms with van der Waals surface area (Å²) in [5.41, 5.74) is -0.463. The van der Waals surface area contributed by atoms with Crippen LogP contribution < -0.4 is 0 Å². The van der Waals surface area contributed by atoms with E-state index in [0.29, 0.717) is 19.8 Å². The van der Waals surface area contributed by atoms with Crippen LogP contribution in [0.3, 0.4) is 0 Å². The Kier molecular flexibility index (Phi) is 3.59. The van der Waals surface area contributed by atoms with Crippen molar-refractivity contribution in [2.24, 2.45) is 28.6 Å². The summed E-state index contributed by atoms with van der Waals surface area (Å²) in [6, 6.07) is 0. The maximum atomic E-state index is 12.7. The van der Waals surface area contributed by atoms with Crippen molar-refractivity contribution >= 4 is 5.78 Å². The Bertz CT molecular complexity index is 599. The summed E-state index contributed by atoms with van der Waals surface area (Å²) in [5, 5.41) is 0. The fraction of sp³-hybridized carbons (Fsp3) is 0.737. The van der Waals surface area contributed by atoms with Gasteiger partial charge >= 0.3 is 0 Å². The van der Waals surface area contributed by atoms with Crippen LogP contribution in [-0.2, 0) is 23.7 Å². The van der Waals surface area contributed by atoms with Crippen LogP contribution >= 0.6 is 0 Å². The van der Waals surface area contributed by atoms with Crippen molar-refractivity contribution in [1.29, 1.82) is 0 Å². The lowest BCUT2D eigenvalue weighted by Crippen LogP contribution is -2.63. The smallest absolute Gasteiger partial charge is 0.237 e. The molecule has 4 aliphatic rings. The van der Waals surface area contributed by atoms with Crippen molar-refractivity contribution in [2.45, 2.75) is 32.8 Å². The molecule has 0 aromatic rings. The minimum absolute atomic E-state index is 0.000985. The van der Waals surface area contributed by atoms with Gasteiger partial charge in [-0.3, -0.25) is 4.79 Å². The zero-order valence-electron chi connectivity index (χ0n) is 14.8. The summed E-state index contributed by atoms with van der Waals surface area (Å²) in [4.78, 5) is 12.7. The van der Waals surface area contributed by atoms with Crippen LogP contribution in [0.1, 0.15) is 20.8 Å². The van der Waals surface area contributed by atoms with E-state index in [1.807, 2.05) is 6.08 Å². The Morgan fingerprint density at radius 2 is 1.92 bits per heavy atom. The Hall–Kier alpha value is -1.01. The molecule has 132 valence electrons. The number of hydrogen-bond donors (Lipinski definition) is 0. The first-order valence-electron chi connectivity index (χ1n) is 8.70. The molecular weight excluding hydrogens is 308 g/mol. The van der Waals surface area contributed by atoms with Gasteiger partial charge in [-0.05, 0) is 12.0 Å². The quantitative estimate of drug-likeness (QED) is 0.726. The molecule has 0 amide bonds. The highest BCUT2D eigenvalue weighted by Crippen LogP contribution is 2.60. The maximum Gasteiger partial charge on any atom is 0.237 e. The molecule has 5 nitrogen and oxygen atoms in total. The largest absolute Gasteiger partial charge is 0.351 e. The number of carbonyl (C=O) groups is 1. The van der Waals surface area contributed by atoms with Crippen LogP contribution in [0.2, 0.25) is 0 Å². The second-order valence-electron chi connectivity index (χ2n) is 8.31. The van der Waals surface area contributed by atoms with E-state index in [1.54, 1.807) is 13.2 Å². The normalized spacial score (nSPS) is 47.0. The fourth-order valence-corrected chi connectivity index (χ4v) is 4.84. The van der Waals surface area contributed by atoms with E-state index in [9.17, 15) is 4.79 Å². The Morgan fingerprint density at radius 1 is 1.21 bits per heavy atom. The second kappa shape index (κ2) is 5.24. The van der Waals surface area contributed by atoms with Gasteiger partial charge in [0.15, 0.2) is 6.29 Å². The molecule has 0 saturated carbocycles. The van der Waals surface area contributed by atoms with Gasteiger partial charge in [0, 0.05) is 24.4 Å². The van der Waals surface area contributed by atoms with Crippen LogP contribution in [0.25, 0.3) is 0 Å². The van der Waals surface area contributed by atoms with Gasteiger partial charge in [0.1, 0.15) is 0 Å². The Balaban J connectivity index is 1.81. The van der Waals surface area contributed by atoms with E-state index >= 15 is 0 Å². The van der Waals surface area contributed by atoms with Crippen molar-refractivity contribution in [2.75, 3.05) is 26.9 Å². The van der Waals surface area contributed by atoms with Crippen LogP contribution in [0.15, 0.2) is 24.3 Å². The lowest BCUT2D eigenvalue weighted by Gasteiger charge is -2.55. The molecule has 2 heterocycles. The molecule has 0 radical (unpaired) electrons. The summed E-state index contributed by atoms with van der Waals surface area (Å²) in [5.74, 6) is -1.20. The van der Waals surface area contributed by atoms with Gasteiger partial charge in [0.25, 0.3) is 0 Å². The molecule has 2 aliphatic heterocycles. The Labute approximate surface area is 143 Å². The van der Waals surface area contributed by atoms with Gasteiger partial charge in [-0.15, -0.1) is 0 Å². The molecule has 5 heteroatoms. The second-order valence-corrected chi connectivity index (χ2v) is 8.31. The fourth-order valence-electron chi connectivity index (χ4n) is 4.84. The van der Waals surface area contributed by atoms with Gasteiger partial charge in [0.05, 0.1) is 25.2 Å². The molecule has 4 rings (SSSR count). The van der Waals surface area contributed by atoms with Crippen molar-refractivity contribution in [1.82, 2.24) is 0 Å². The molecule has 0 bridgehead atoms. The van der Waals surface area contributed by atoms with Gasteiger partial charge in [-0.2, -0.15) is 0 Å². The van der Waals surface area contributed by atoms with Gasteiger partial charge < -0.3 is 18.9 Å². The predicted molar refractivity (Wildman–Crippen MR) is 87.0 cm³/mol. The SMILES string of the molecule is CO[C@]12OC[C@@H]3C=C[C@H](C)[C@](C4OCC(C)(C)CO4)(C=CC1=O)[C@@H]32. The summed E-state index contributed by atoms with van der Waals surface area (Å²) >= 11 is 0. The topological polar surface area (TPSA) is 54.0 Å². The van der Waals surface area contributed by atoms with Crippen molar-refractivity contribution in [3.8, 4) is 0 Å². The summed E-state index contributed by atoms with van der Waals surface area (Å²) < 4.78 is 24.0. The van der Waals surface area contributed by atoms with E-state index in [4.69, 9.17) is 18.9 Å². The number of ether oxygens (including phenoxy) is 4. The van der Waals surface area contributed by atoms with E-state index in [0.717, 1.165) is 0 Å². The van der Waals surface area contributed by atoms with E-state index < -0.39 is 17.5 Å². The molecule has 0 aromatic heterocycles. The molecule has 2 fully saturated rings. The predicted octanol–water partition coefficient (Wildman–Crippen LogP) is 2.32. The zero-order valence-corrected chi connectivity index (χ0v) is 14.8. The van der Waals surface area contributed by atoms with E-state index in [-0.39, 0.29) is 29.0 Å². The zero-order chi connectivity index (χ0) is 17.2.